The first-order valence-corrected chi connectivity index (χ1v) is 8.83. The molecule has 0 heterocycles. The number of terminal acetylenes is 1. The molecule has 25 heavy (non-hydrogen) atoms. The number of carbonyl (C=O) groups excluding carboxylic acids is 1. The van der Waals surface area contributed by atoms with Gasteiger partial charge in [0.2, 0.25) is 0 Å². The molecule has 1 unspecified atom stereocenters. The molecular weight excluding hydrogens is 340 g/mol. The van der Waals surface area contributed by atoms with Crippen molar-refractivity contribution in [2.75, 3.05) is 40.5 Å². The zero-order chi connectivity index (χ0) is 20.2. The minimum atomic E-state index is -1.07. The number of nitrogens with one attached hydrogen (secondary N) is 1. The molecule has 0 aromatic carbocycles. The molecular formula is C17H30N4O3S. The highest BCUT2D eigenvalue weighted by Gasteiger charge is 2.22. The summed E-state index contributed by atoms with van der Waals surface area (Å²) < 4.78 is 0. The average molecular weight is 371 g/mol. The van der Waals surface area contributed by atoms with Gasteiger partial charge in [0.25, 0.3) is 0 Å². The van der Waals surface area contributed by atoms with Gasteiger partial charge in [-0.2, -0.15) is 0 Å². The normalized spacial score (nSPS) is 12.2. The predicted octanol–water partition coefficient (Wildman–Crippen LogP) is 1.82. The van der Waals surface area contributed by atoms with Gasteiger partial charge in [-0.1, -0.05) is 20.4 Å². The van der Waals surface area contributed by atoms with Crippen LogP contribution in [0.4, 0.5) is 4.79 Å². The van der Waals surface area contributed by atoms with Crippen LogP contribution in [0.3, 0.4) is 0 Å². The van der Waals surface area contributed by atoms with Crippen molar-refractivity contribution in [3.8, 4) is 12.8 Å². The molecule has 0 saturated carbocycles. The molecule has 8 heteroatoms. The van der Waals surface area contributed by atoms with Gasteiger partial charge >= 0.3 is 12.0 Å². The number of carboxylic acids is 1. The fourth-order valence-electron chi connectivity index (χ4n) is 1.76. The second-order valence-corrected chi connectivity index (χ2v) is 6.66. The van der Waals surface area contributed by atoms with Crippen LogP contribution >= 0.6 is 11.8 Å². The van der Waals surface area contributed by atoms with E-state index in [1.54, 1.807) is 37.8 Å². The molecule has 0 saturated heterocycles. The fourth-order valence-corrected chi connectivity index (χ4v) is 2.45. The Bertz CT molecular complexity index is 501. The number of nitrogens with zero attached hydrogens (tertiary/aromatic N) is 3. The molecule has 7 nitrogen and oxygen atoms in total. The summed E-state index contributed by atoms with van der Waals surface area (Å²) in [5.41, 5.74) is 0.556. The summed E-state index contributed by atoms with van der Waals surface area (Å²) >= 11 is 1.55. The summed E-state index contributed by atoms with van der Waals surface area (Å²) in [5, 5.41) is 12.6. The van der Waals surface area contributed by atoms with E-state index in [1.807, 2.05) is 20.1 Å². The Labute approximate surface area is 155 Å². The van der Waals surface area contributed by atoms with Crippen LogP contribution in [0.1, 0.15) is 13.8 Å². The third kappa shape index (κ3) is 11.2. The van der Waals surface area contributed by atoms with Crippen molar-refractivity contribution in [3.63, 3.8) is 0 Å². The summed E-state index contributed by atoms with van der Waals surface area (Å²) in [4.78, 5) is 30.8. The van der Waals surface area contributed by atoms with E-state index in [0.29, 0.717) is 5.70 Å². The third-order valence-electron chi connectivity index (χ3n) is 2.88. The second kappa shape index (κ2) is 13.3. The Kier molecular flexibility index (Phi) is 13.5. The van der Waals surface area contributed by atoms with E-state index >= 15 is 0 Å². The van der Waals surface area contributed by atoms with Crippen LogP contribution < -0.4 is 5.32 Å². The summed E-state index contributed by atoms with van der Waals surface area (Å²) in [6.45, 7) is 8.39. The number of hydrogen-bond acceptors (Lipinski definition) is 5. The number of carboxylic acid groups (broad SMARTS) is 1. The summed E-state index contributed by atoms with van der Waals surface area (Å²) in [5.74, 6) is -0.779. The van der Waals surface area contributed by atoms with E-state index in [0.717, 1.165) is 5.04 Å². The maximum Gasteiger partial charge on any atom is 0.327 e. The summed E-state index contributed by atoms with van der Waals surface area (Å²) in [6.07, 6.45) is 9.95. The number of thioether (sulfide) groups is 1. The summed E-state index contributed by atoms with van der Waals surface area (Å²) in [6, 6.07) is -1.43. The van der Waals surface area contributed by atoms with E-state index < -0.39 is 18.0 Å². The van der Waals surface area contributed by atoms with Gasteiger partial charge in [-0.15, -0.1) is 24.6 Å². The van der Waals surface area contributed by atoms with Gasteiger partial charge in [0.1, 0.15) is 6.04 Å². The predicted molar refractivity (Wildman–Crippen MR) is 106 cm³/mol. The molecule has 0 bridgehead atoms. The highest BCUT2D eigenvalue weighted by molar-refractivity contribution is 8.13. The zero-order valence-electron chi connectivity index (χ0n) is 15.9. The number of likely N-dealkylation sites (N-methyl/N-ethyl adjacent to an activating group) is 2. The number of aliphatic imine (C=N–C) groups is 1. The largest absolute Gasteiger partial charge is 0.480 e. The second-order valence-electron chi connectivity index (χ2n) is 5.83. The number of rotatable bonds is 8. The molecule has 0 aromatic heterocycles. The highest BCUT2D eigenvalue weighted by atomic mass is 32.2. The maximum atomic E-state index is 12.1. The van der Waals surface area contributed by atoms with Gasteiger partial charge < -0.3 is 20.2 Å². The van der Waals surface area contributed by atoms with Crippen LogP contribution in [0, 0.1) is 18.8 Å². The third-order valence-corrected chi connectivity index (χ3v) is 3.86. The first-order valence-electron chi connectivity index (χ1n) is 7.61. The van der Waals surface area contributed by atoms with Crippen molar-refractivity contribution in [3.05, 3.63) is 12.3 Å². The monoisotopic (exact) mass is 370 g/mol. The first kappa shape index (κ1) is 25.3. The first-order chi connectivity index (χ1) is 11.6. The van der Waals surface area contributed by atoms with E-state index in [1.165, 1.54) is 4.90 Å². The minimum Gasteiger partial charge on any atom is -0.480 e. The quantitative estimate of drug-likeness (QED) is 0.387. The lowest BCUT2D eigenvalue weighted by Gasteiger charge is -2.23. The van der Waals surface area contributed by atoms with Gasteiger partial charge in [-0.25, -0.2) is 14.6 Å². The van der Waals surface area contributed by atoms with Crippen molar-refractivity contribution >= 4 is 28.8 Å². The maximum absolute atomic E-state index is 12.1. The van der Waals surface area contributed by atoms with Crippen molar-refractivity contribution in [1.82, 2.24) is 15.1 Å². The lowest BCUT2D eigenvalue weighted by atomic mass is 10.2. The average Bonchev–Trinajstić information content (AvgIpc) is 2.52. The van der Waals surface area contributed by atoms with Crippen LogP contribution in [-0.2, 0) is 4.79 Å². The van der Waals surface area contributed by atoms with Crippen molar-refractivity contribution in [2.45, 2.75) is 19.9 Å². The van der Waals surface area contributed by atoms with Crippen LogP contribution in [0.25, 0.3) is 0 Å². The number of carbonyl (C=O) groups is 2. The SMILES string of the molecule is C#C.C=C(CN(C)C(=O)NC(CN(C)C)C(=O)O)N=C(SC)C(C)C. The van der Waals surface area contributed by atoms with Gasteiger partial charge in [0, 0.05) is 19.5 Å². The zero-order valence-corrected chi connectivity index (χ0v) is 16.8. The number of hydrogen-bond donors (Lipinski definition) is 2. The van der Waals surface area contributed by atoms with Crippen molar-refractivity contribution < 1.29 is 14.7 Å². The molecule has 0 aromatic rings. The molecule has 142 valence electrons. The van der Waals surface area contributed by atoms with Crippen molar-refractivity contribution in [1.29, 1.82) is 0 Å². The van der Waals surface area contributed by atoms with Crippen LogP contribution in [-0.4, -0.2) is 78.5 Å². The Morgan fingerprint density at radius 2 is 1.80 bits per heavy atom. The van der Waals surface area contributed by atoms with Gasteiger partial charge in [-0.3, -0.25) is 0 Å². The molecule has 0 fully saturated rings. The number of urea groups is 1. The molecule has 0 rings (SSSR count). The number of amides is 2. The van der Waals surface area contributed by atoms with Crippen LogP contribution in [0.2, 0.25) is 0 Å². The number of aliphatic carboxylic acids is 1. The molecule has 0 radical (unpaired) electrons. The van der Waals surface area contributed by atoms with E-state index in [2.05, 4.69) is 29.7 Å². The Morgan fingerprint density at radius 1 is 1.28 bits per heavy atom. The molecule has 0 aliphatic rings. The van der Waals surface area contributed by atoms with E-state index in [4.69, 9.17) is 5.11 Å². The molecule has 0 aliphatic heterocycles. The topological polar surface area (TPSA) is 85.2 Å². The lowest BCUT2D eigenvalue weighted by molar-refractivity contribution is -0.139. The minimum absolute atomic E-state index is 0.220. The molecule has 2 N–H and O–H groups in total. The fraction of sp³-hybridized carbons (Fsp3) is 0.588. The molecule has 1 atom stereocenters. The van der Waals surface area contributed by atoms with E-state index in [9.17, 15) is 9.59 Å². The highest BCUT2D eigenvalue weighted by Crippen LogP contribution is 2.12. The Balaban J connectivity index is 0. The Morgan fingerprint density at radius 3 is 2.16 bits per heavy atom. The summed E-state index contributed by atoms with van der Waals surface area (Å²) in [7, 11) is 5.08. The Hall–Kier alpha value is -1.98. The smallest absolute Gasteiger partial charge is 0.327 e. The molecule has 0 spiro atoms. The molecule has 0 aliphatic carbocycles. The lowest BCUT2D eigenvalue weighted by Crippen LogP contribution is -2.51. The van der Waals surface area contributed by atoms with Crippen LogP contribution in [0.15, 0.2) is 17.3 Å². The van der Waals surface area contributed by atoms with Gasteiger partial charge in [0.05, 0.1) is 17.3 Å². The van der Waals surface area contributed by atoms with Gasteiger partial charge in [0.15, 0.2) is 0 Å². The molecule has 2 amide bonds. The van der Waals surface area contributed by atoms with Crippen LogP contribution in [0.5, 0.6) is 0 Å². The van der Waals surface area contributed by atoms with E-state index in [-0.39, 0.29) is 19.0 Å². The van der Waals surface area contributed by atoms with Crippen molar-refractivity contribution in [2.24, 2.45) is 10.9 Å². The standard InChI is InChI=1S/C15H28N4O3S.C2H2/c1-10(2)13(23-7)16-11(3)8-19(6)15(22)17-12(14(20)21)9-18(4)5;1-2/h10,12H,3,8-9H2,1-2,4-7H3,(H,17,22)(H,20,21);1-2H. The van der Waals surface area contributed by atoms with Gasteiger partial charge in [-0.05, 0) is 20.4 Å².